The van der Waals surface area contributed by atoms with Gasteiger partial charge >= 0.3 is 0 Å². The quantitative estimate of drug-likeness (QED) is 0.846. The zero-order valence-corrected chi connectivity index (χ0v) is 12.4. The van der Waals surface area contributed by atoms with Crippen molar-refractivity contribution in [1.29, 1.82) is 0 Å². The van der Waals surface area contributed by atoms with Crippen LogP contribution in [0.3, 0.4) is 0 Å². The summed E-state index contributed by atoms with van der Waals surface area (Å²) in [6.07, 6.45) is 0. The molecule has 2 aromatic rings. The van der Waals surface area contributed by atoms with E-state index in [4.69, 9.17) is 4.84 Å². The molecule has 0 aliphatic carbocycles. The molecule has 0 unspecified atom stereocenters. The smallest absolute Gasteiger partial charge is 0.271 e. The summed E-state index contributed by atoms with van der Waals surface area (Å²) < 4.78 is 24.5. The highest BCUT2D eigenvalue weighted by Gasteiger charge is 2.16. The van der Waals surface area contributed by atoms with E-state index in [-0.39, 0.29) is 10.8 Å². The molecule has 2 rings (SSSR count). The molecule has 0 radical (unpaired) electrons. The first-order valence-electron chi connectivity index (χ1n) is 5.01. The van der Waals surface area contributed by atoms with Crippen LogP contribution in [-0.4, -0.2) is 8.42 Å². The van der Waals surface area contributed by atoms with Gasteiger partial charge in [0.2, 0.25) is 0 Å². The first-order chi connectivity index (χ1) is 8.58. The number of benzene rings is 1. The Morgan fingerprint density at radius 3 is 2.50 bits per heavy atom. The van der Waals surface area contributed by atoms with Crippen LogP contribution in [0.5, 0.6) is 0 Å². The van der Waals surface area contributed by atoms with Crippen molar-refractivity contribution in [3.05, 3.63) is 51.8 Å². The van der Waals surface area contributed by atoms with Crippen LogP contribution in [0.4, 0.5) is 0 Å². The molecule has 1 aromatic heterocycles. The minimum Gasteiger partial charge on any atom is -0.282 e. The predicted octanol–water partition coefficient (Wildman–Crippen LogP) is 2.92. The van der Waals surface area contributed by atoms with Crippen LogP contribution in [0.15, 0.2) is 50.5 Å². The molecule has 1 heterocycles. The van der Waals surface area contributed by atoms with Crippen molar-refractivity contribution in [1.82, 2.24) is 4.89 Å². The van der Waals surface area contributed by atoms with Crippen LogP contribution in [0, 0.1) is 0 Å². The van der Waals surface area contributed by atoms with Crippen LogP contribution < -0.4 is 4.89 Å². The first kappa shape index (κ1) is 13.7. The van der Waals surface area contributed by atoms with Gasteiger partial charge in [-0.15, -0.1) is 11.3 Å². The van der Waals surface area contributed by atoms with Crippen molar-refractivity contribution in [3.63, 3.8) is 0 Å². The second-order valence-electron chi connectivity index (χ2n) is 3.42. The first-order valence-corrected chi connectivity index (χ1v) is 8.10. The molecular weight excluding hydrogens is 338 g/mol. The van der Waals surface area contributed by atoms with Gasteiger partial charge < -0.3 is 0 Å². The fourth-order valence-electron chi connectivity index (χ4n) is 1.25. The van der Waals surface area contributed by atoms with Crippen LogP contribution in [0.2, 0.25) is 0 Å². The molecule has 1 aromatic carbocycles. The van der Waals surface area contributed by atoms with E-state index in [2.05, 4.69) is 20.8 Å². The Hall–Kier alpha value is -0.730. The molecule has 0 spiro atoms. The molecule has 18 heavy (non-hydrogen) atoms. The van der Waals surface area contributed by atoms with Gasteiger partial charge in [0.15, 0.2) is 0 Å². The monoisotopic (exact) mass is 347 g/mol. The van der Waals surface area contributed by atoms with E-state index in [1.54, 1.807) is 6.07 Å². The lowest BCUT2D eigenvalue weighted by Gasteiger charge is -2.05. The topological polar surface area (TPSA) is 55.4 Å². The largest absolute Gasteiger partial charge is 0.282 e. The Labute approximate surface area is 118 Å². The number of halogens is 1. The van der Waals surface area contributed by atoms with E-state index < -0.39 is 10.0 Å². The number of sulfonamides is 1. The fourth-order valence-corrected chi connectivity index (χ4v) is 4.04. The Kier molecular flexibility index (Phi) is 4.52. The van der Waals surface area contributed by atoms with Crippen LogP contribution in [0.1, 0.15) is 5.56 Å². The van der Waals surface area contributed by atoms with E-state index in [0.717, 1.165) is 20.7 Å². The maximum atomic E-state index is 11.8. The van der Waals surface area contributed by atoms with Crippen molar-refractivity contribution in [2.75, 3.05) is 0 Å². The average Bonchev–Trinajstić information content (AvgIpc) is 2.78. The molecule has 96 valence electrons. The highest BCUT2D eigenvalue weighted by molar-refractivity contribution is 9.11. The minimum absolute atomic E-state index is 0.187. The summed E-state index contributed by atoms with van der Waals surface area (Å²) in [5.74, 6) is 0. The summed E-state index contributed by atoms with van der Waals surface area (Å²) in [6, 6.07) is 12.5. The standard InChI is InChI=1S/C11H10BrNO3S2/c12-10-6-7-11(17-10)18(14,15)13-16-8-9-4-2-1-3-5-9/h1-7,13H,8H2. The van der Waals surface area contributed by atoms with Gasteiger partial charge in [0.25, 0.3) is 10.0 Å². The van der Waals surface area contributed by atoms with Gasteiger partial charge in [-0.05, 0) is 33.6 Å². The molecule has 0 fully saturated rings. The third kappa shape index (κ3) is 3.63. The molecule has 4 nitrogen and oxygen atoms in total. The molecule has 0 atom stereocenters. The Balaban J connectivity index is 1.94. The molecule has 0 saturated heterocycles. The Bertz CT molecular complexity index is 610. The van der Waals surface area contributed by atoms with Gasteiger partial charge in [-0.1, -0.05) is 35.2 Å². The Morgan fingerprint density at radius 1 is 1.17 bits per heavy atom. The highest BCUT2D eigenvalue weighted by Crippen LogP contribution is 2.25. The second kappa shape index (κ2) is 5.94. The molecular formula is C11H10BrNO3S2. The van der Waals surface area contributed by atoms with Crippen molar-refractivity contribution >= 4 is 37.3 Å². The zero-order chi connectivity index (χ0) is 13.0. The van der Waals surface area contributed by atoms with Gasteiger partial charge in [0.05, 0.1) is 10.4 Å². The lowest BCUT2D eigenvalue weighted by atomic mass is 10.2. The predicted molar refractivity (Wildman–Crippen MR) is 73.6 cm³/mol. The van der Waals surface area contributed by atoms with Crippen molar-refractivity contribution in [2.24, 2.45) is 0 Å². The second-order valence-corrected chi connectivity index (χ2v) is 7.75. The molecule has 1 N–H and O–H groups in total. The number of nitrogens with one attached hydrogen (secondary N) is 1. The summed E-state index contributed by atoms with van der Waals surface area (Å²) in [5.41, 5.74) is 0.896. The molecule has 0 saturated carbocycles. The van der Waals surface area contributed by atoms with E-state index in [1.165, 1.54) is 6.07 Å². The molecule has 0 aliphatic rings. The van der Waals surface area contributed by atoms with Gasteiger partial charge in [0.1, 0.15) is 4.21 Å². The van der Waals surface area contributed by atoms with Crippen LogP contribution in [0.25, 0.3) is 0 Å². The minimum atomic E-state index is -3.59. The third-order valence-corrected chi connectivity index (χ3v) is 5.39. The van der Waals surface area contributed by atoms with Crippen molar-refractivity contribution < 1.29 is 13.3 Å². The van der Waals surface area contributed by atoms with Gasteiger partial charge in [0, 0.05) is 0 Å². The molecule has 0 aliphatic heterocycles. The van der Waals surface area contributed by atoms with Crippen molar-refractivity contribution in [2.45, 2.75) is 10.8 Å². The third-order valence-electron chi connectivity index (χ3n) is 2.06. The summed E-state index contributed by atoms with van der Waals surface area (Å²) in [6.45, 7) is 0.187. The fraction of sp³-hybridized carbons (Fsp3) is 0.0909. The Morgan fingerprint density at radius 2 is 1.89 bits per heavy atom. The van der Waals surface area contributed by atoms with Crippen LogP contribution >= 0.6 is 27.3 Å². The maximum absolute atomic E-state index is 11.8. The maximum Gasteiger partial charge on any atom is 0.271 e. The summed E-state index contributed by atoms with van der Waals surface area (Å²) in [4.78, 5) is 7.10. The molecule has 0 bridgehead atoms. The SMILES string of the molecule is O=S(=O)(NOCc1ccccc1)c1ccc(Br)s1. The molecule has 0 amide bonds. The lowest BCUT2D eigenvalue weighted by Crippen LogP contribution is -2.23. The lowest BCUT2D eigenvalue weighted by molar-refractivity contribution is 0.0797. The van der Waals surface area contributed by atoms with Gasteiger partial charge in [-0.2, -0.15) is 0 Å². The van der Waals surface area contributed by atoms with Gasteiger partial charge in [-0.3, -0.25) is 4.84 Å². The highest BCUT2D eigenvalue weighted by atomic mass is 79.9. The molecule has 7 heteroatoms. The van der Waals surface area contributed by atoms with Crippen LogP contribution in [-0.2, 0) is 21.5 Å². The van der Waals surface area contributed by atoms with E-state index in [9.17, 15) is 8.42 Å². The van der Waals surface area contributed by atoms with Gasteiger partial charge in [-0.25, -0.2) is 8.42 Å². The summed E-state index contributed by atoms with van der Waals surface area (Å²) >= 11 is 4.34. The number of hydrogen-bond acceptors (Lipinski definition) is 4. The van der Waals surface area contributed by atoms with E-state index in [1.807, 2.05) is 30.3 Å². The number of thiophene rings is 1. The number of hydrogen-bond donors (Lipinski definition) is 1. The average molecular weight is 348 g/mol. The summed E-state index contributed by atoms with van der Waals surface area (Å²) in [7, 11) is -3.59. The van der Waals surface area contributed by atoms with Crippen molar-refractivity contribution in [3.8, 4) is 0 Å². The summed E-state index contributed by atoms with van der Waals surface area (Å²) in [5, 5.41) is 0. The van der Waals surface area contributed by atoms with E-state index in [0.29, 0.717) is 0 Å². The zero-order valence-electron chi connectivity index (χ0n) is 9.17. The normalized spacial score (nSPS) is 11.6. The van der Waals surface area contributed by atoms with E-state index >= 15 is 0 Å². The number of rotatable bonds is 5.